The van der Waals surface area contributed by atoms with Crippen LogP contribution >= 0.6 is 0 Å². The Morgan fingerprint density at radius 2 is 2.00 bits per heavy atom. The molecule has 0 radical (unpaired) electrons. The molecule has 0 fully saturated rings. The van der Waals surface area contributed by atoms with Gasteiger partial charge in [0.25, 0.3) is 5.91 Å². The number of aryl methyl sites for hydroxylation is 1. The molecule has 0 unspecified atom stereocenters. The summed E-state index contributed by atoms with van der Waals surface area (Å²) in [6.45, 7) is 9.78. The summed E-state index contributed by atoms with van der Waals surface area (Å²) in [6, 6.07) is 7.89. The number of rotatable bonds is 10. The van der Waals surface area contributed by atoms with E-state index in [9.17, 15) is 9.59 Å². The van der Waals surface area contributed by atoms with E-state index in [1.165, 1.54) is 0 Å². The number of H-pyrrole nitrogens is 1. The molecule has 0 aliphatic rings. The number of benzene rings is 1. The van der Waals surface area contributed by atoms with Crippen molar-refractivity contribution in [2.45, 2.75) is 32.6 Å². The summed E-state index contributed by atoms with van der Waals surface area (Å²) in [5.41, 5.74) is 9.04. The Bertz CT molecular complexity index is 908. The highest BCUT2D eigenvalue weighted by molar-refractivity contribution is 5.98. The fourth-order valence-corrected chi connectivity index (χ4v) is 2.82. The molecule has 5 N–H and O–H groups in total. The van der Waals surface area contributed by atoms with E-state index in [4.69, 9.17) is 5.73 Å². The molecule has 0 saturated carbocycles. The van der Waals surface area contributed by atoms with Crippen LogP contribution < -0.4 is 16.4 Å². The number of unbranched alkanes of at least 4 members (excludes halogenated alkanes) is 2. The average molecular weight is 380 g/mol. The Labute approximate surface area is 165 Å². The molecule has 2 aromatic rings. The van der Waals surface area contributed by atoms with Crippen molar-refractivity contribution in [3.05, 3.63) is 72.2 Å². The summed E-state index contributed by atoms with van der Waals surface area (Å²) in [7, 11) is 0. The van der Waals surface area contributed by atoms with E-state index in [0.717, 1.165) is 35.7 Å². The van der Waals surface area contributed by atoms with Crippen LogP contribution in [0.5, 0.6) is 0 Å². The van der Waals surface area contributed by atoms with Crippen molar-refractivity contribution < 1.29 is 9.59 Å². The number of allylic oxidation sites excluding steroid dienone is 2. The van der Waals surface area contributed by atoms with Crippen LogP contribution in [0.25, 0.3) is 10.9 Å². The maximum absolute atomic E-state index is 12.2. The number of nitrogens with two attached hydrogens (primary N) is 1. The number of nitrogens with one attached hydrogen (secondary N) is 3. The van der Waals surface area contributed by atoms with Crippen molar-refractivity contribution in [3.63, 3.8) is 0 Å². The van der Waals surface area contributed by atoms with Crippen LogP contribution in [0.4, 0.5) is 0 Å². The fourth-order valence-electron chi connectivity index (χ4n) is 2.82. The minimum atomic E-state index is -0.118. The molecule has 1 aromatic carbocycles. The Morgan fingerprint density at radius 1 is 1.21 bits per heavy atom. The van der Waals surface area contributed by atoms with Gasteiger partial charge < -0.3 is 21.4 Å². The molecule has 1 aromatic heterocycles. The number of fused-ring (bicyclic) bond motifs is 1. The number of hydrogen-bond donors (Lipinski definition) is 4. The van der Waals surface area contributed by atoms with Gasteiger partial charge in [0.2, 0.25) is 5.91 Å². The van der Waals surface area contributed by atoms with Gasteiger partial charge in [0, 0.05) is 29.6 Å². The van der Waals surface area contributed by atoms with Crippen LogP contribution in [0, 0.1) is 6.92 Å². The average Bonchev–Trinajstić information content (AvgIpc) is 3.07. The van der Waals surface area contributed by atoms with E-state index in [1.54, 1.807) is 12.2 Å². The van der Waals surface area contributed by atoms with E-state index >= 15 is 0 Å². The molecule has 0 bridgehead atoms. The standard InChI is InChI=1S/C22H28N4O2/c1-4-8-18(16(3)23)26-21(27)9-6-5-7-12-24-22(28)20-14-17-13-15(2)10-11-19(17)25-20/h4,8,10-11,13-14,25H,1,3,5-7,9,12,23H2,2H3,(H,24,28)(H,26,27)/b18-8+. The van der Waals surface area contributed by atoms with Crippen molar-refractivity contribution in [2.24, 2.45) is 5.73 Å². The molecule has 1 heterocycles. The van der Waals surface area contributed by atoms with Crippen LogP contribution in [0.1, 0.15) is 41.7 Å². The van der Waals surface area contributed by atoms with Gasteiger partial charge in [-0.1, -0.05) is 37.3 Å². The second-order valence-electron chi connectivity index (χ2n) is 6.73. The Kier molecular flexibility index (Phi) is 7.63. The van der Waals surface area contributed by atoms with Gasteiger partial charge in [-0.3, -0.25) is 9.59 Å². The largest absolute Gasteiger partial charge is 0.398 e. The summed E-state index contributed by atoms with van der Waals surface area (Å²) in [6.07, 6.45) is 5.91. The molecule has 2 rings (SSSR count). The second kappa shape index (κ2) is 10.2. The lowest BCUT2D eigenvalue weighted by Crippen LogP contribution is -2.26. The highest BCUT2D eigenvalue weighted by Gasteiger charge is 2.09. The first-order valence-corrected chi connectivity index (χ1v) is 9.35. The number of carbonyl (C=O) groups excluding carboxylic acids is 2. The van der Waals surface area contributed by atoms with E-state index in [2.05, 4.69) is 28.8 Å². The lowest BCUT2D eigenvalue weighted by Gasteiger charge is -2.09. The summed E-state index contributed by atoms with van der Waals surface area (Å²) < 4.78 is 0. The second-order valence-corrected chi connectivity index (χ2v) is 6.73. The molecule has 0 aliphatic carbocycles. The number of amides is 2. The highest BCUT2D eigenvalue weighted by Crippen LogP contribution is 2.16. The molecule has 6 heteroatoms. The first-order chi connectivity index (χ1) is 13.4. The molecule has 0 saturated heterocycles. The lowest BCUT2D eigenvalue weighted by molar-refractivity contribution is -0.120. The van der Waals surface area contributed by atoms with E-state index in [-0.39, 0.29) is 11.8 Å². The van der Waals surface area contributed by atoms with Crippen molar-refractivity contribution in [1.82, 2.24) is 15.6 Å². The molecule has 0 aliphatic heterocycles. The maximum Gasteiger partial charge on any atom is 0.267 e. The predicted molar refractivity (Wildman–Crippen MR) is 114 cm³/mol. The molecule has 2 amide bonds. The SMILES string of the molecule is C=C/C=C(/NC(=O)CCCCCNC(=O)c1cc2cc(C)ccc2[nH]1)C(=C)N. The zero-order valence-electron chi connectivity index (χ0n) is 16.3. The van der Waals surface area contributed by atoms with Crippen molar-refractivity contribution in [3.8, 4) is 0 Å². The third-order valence-corrected chi connectivity index (χ3v) is 4.29. The van der Waals surface area contributed by atoms with Gasteiger partial charge in [0.1, 0.15) is 5.69 Å². The van der Waals surface area contributed by atoms with Gasteiger partial charge >= 0.3 is 0 Å². The van der Waals surface area contributed by atoms with Gasteiger partial charge in [-0.2, -0.15) is 0 Å². The first kappa shape index (κ1) is 21.0. The Balaban J connectivity index is 1.67. The van der Waals surface area contributed by atoms with Crippen LogP contribution in [-0.4, -0.2) is 23.3 Å². The van der Waals surface area contributed by atoms with E-state index in [0.29, 0.717) is 30.1 Å². The third kappa shape index (κ3) is 6.16. The van der Waals surface area contributed by atoms with Crippen LogP contribution in [-0.2, 0) is 4.79 Å². The van der Waals surface area contributed by atoms with Gasteiger partial charge in [-0.15, -0.1) is 0 Å². The van der Waals surface area contributed by atoms with E-state index in [1.807, 2.05) is 31.2 Å². The zero-order chi connectivity index (χ0) is 20.5. The molecule has 0 atom stereocenters. The number of hydrogen-bond acceptors (Lipinski definition) is 3. The summed E-state index contributed by atoms with van der Waals surface area (Å²) >= 11 is 0. The van der Waals surface area contributed by atoms with Gasteiger partial charge in [0.05, 0.1) is 5.70 Å². The minimum absolute atomic E-state index is 0.114. The van der Waals surface area contributed by atoms with Crippen molar-refractivity contribution in [1.29, 1.82) is 0 Å². The number of carbonyl (C=O) groups is 2. The molecular formula is C22H28N4O2. The summed E-state index contributed by atoms with van der Waals surface area (Å²) in [5.74, 6) is -0.232. The third-order valence-electron chi connectivity index (χ3n) is 4.29. The number of aromatic nitrogens is 1. The Morgan fingerprint density at radius 3 is 2.71 bits per heavy atom. The van der Waals surface area contributed by atoms with Crippen LogP contribution in [0.15, 0.2) is 61.0 Å². The first-order valence-electron chi connectivity index (χ1n) is 9.35. The highest BCUT2D eigenvalue weighted by atomic mass is 16.2. The summed E-state index contributed by atoms with van der Waals surface area (Å²) in [4.78, 5) is 27.3. The Hall–Kier alpha value is -3.28. The van der Waals surface area contributed by atoms with Gasteiger partial charge in [0.15, 0.2) is 0 Å². The lowest BCUT2D eigenvalue weighted by atomic mass is 10.1. The van der Waals surface area contributed by atoms with Crippen LogP contribution in [0.3, 0.4) is 0 Å². The minimum Gasteiger partial charge on any atom is -0.398 e. The van der Waals surface area contributed by atoms with Crippen molar-refractivity contribution >= 4 is 22.7 Å². The molecule has 0 spiro atoms. The smallest absolute Gasteiger partial charge is 0.267 e. The maximum atomic E-state index is 12.2. The fraction of sp³-hybridized carbons (Fsp3) is 0.273. The molecule has 6 nitrogen and oxygen atoms in total. The monoisotopic (exact) mass is 380 g/mol. The predicted octanol–water partition coefficient (Wildman–Crippen LogP) is 3.43. The van der Waals surface area contributed by atoms with Gasteiger partial charge in [-0.05, 0) is 44.0 Å². The molecular weight excluding hydrogens is 352 g/mol. The molecule has 148 valence electrons. The van der Waals surface area contributed by atoms with Gasteiger partial charge in [-0.25, -0.2) is 0 Å². The quantitative estimate of drug-likeness (QED) is 0.375. The zero-order valence-corrected chi connectivity index (χ0v) is 16.3. The van der Waals surface area contributed by atoms with Crippen LogP contribution in [0.2, 0.25) is 0 Å². The topological polar surface area (TPSA) is 100 Å². The summed E-state index contributed by atoms with van der Waals surface area (Å²) in [5, 5.41) is 6.65. The normalized spacial score (nSPS) is 11.2. The number of aromatic amines is 1. The van der Waals surface area contributed by atoms with E-state index < -0.39 is 0 Å². The van der Waals surface area contributed by atoms with Crippen molar-refractivity contribution in [2.75, 3.05) is 6.54 Å². The molecule has 28 heavy (non-hydrogen) atoms.